The summed E-state index contributed by atoms with van der Waals surface area (Å²) in [5.41, 5.74) is 1.08. The van der Waals surface area contributed by atoms with Gasteiger partial charge >= 0.3 is 0 Å². The number of nitrogens with zero attached hydrogens (tertiary/aromatic N) is 1. The van der Waals surface area contributed by atoms with E-state index in [0.717, 1.165) is 30.3 Å². The van der Waals surface area contributed by atoms with E-state index in [4.69, 9.17) is 23.2 Å². The van der Waals surface area contributed by atoms with Crippen molar-refractivity contribution in [3.8, 4) is 0 Å². The van der Waals surface area contributed by atoms with Gasteiger partial charge in [0.15, 0.2) is 0 Å². The van der Waals surface area contributed by atoms with Crippen LogP contribution in [0.2, 0.25) is 10.0 Å². The first-order valence-electron chi connectivity index (χ1n) is 5.10. The largest absolute Gasteiger partial charge is 0.368 e. The Kier molecular flexibility index (Phi) is 3.39. The average Bonchev–Trinajstić information content (AvgIpc) is 2.17. The van der Waals surface area contributed by atoms with Crippen LogP contribution in [0.15, 0.2) is 18.2 Å². The number of piperazine rings is 1. The second kappa shape index (κ2) is 4.60. The summed E-state index contributed by atoms with van der Waals surface area (Å²) in [7, 11) is 0. The Bertz CT molecular complexity index is 354. The van der Waals surface area contributed by atoms with E-state index in [-0.39, 0.29) is 0 Å². The molecule has 0 saturated carbocycles. The molecule has 0 aliphatic carbocycles. The number of rotatable bonds is 1. The van der Waals surface area contributed by atoms with Crippen molar-refractivity contribution in [3.63, 3.8) is 0 Å². The summed E-state index contributed by atoms with van der Waals surface area (Å²) in [5.74, 6) is 0. The highest BCUT2D eigenvalue weighted by molar-refractivity contribution is 6.36. The van der Waals surface area contributed by atoms with Crippen LogP contribution in [0.5, 0.6) is 0 Å². The lowest BCUT2D eigenvalue weighted by Crippen LogP contribution is -2.49. The van der Waals surface area contributed by atoms with Gasteiger partial charge in [-0.15, -0.1) is 0 Å². The highest BCUT2D eigenvalue weighted by Gasteiger charge is 2.17. The van der Waals surface area contributed by atoms with Crippen molar-refractivity contribution in [1.82, 2.24) is 5.32 Å². The molecule has 4 heteroatoms. The molecule has 0 amide bonds. The van der Waals surface area contributed by atoms with Crippen molar-refractivity contribution in [1.29, 1.82) is 0 Å². The van der Waals surface area contributed by atoms with Crippen molar-refractivity contribution in [2.45, 2.75) is 13.0 Å². The standard InChI is InChI=1S/C11H14Cl2N2/c1-8-7-15(5-4-14-8)11-3-2-9(12)6-10(11)13/h2-3,6,8,14H,4-5,7H2,1H3/t8-/m0/s1. The molecule has 15 heavy (non-hydrogen) atoms. The van der Waals surface area contributed by atoms with Crippen LogP contribution in [-0.4, -0.2) is 25.7 Å². The van der Waals surface area contributed by atoms with Crippen LogP contribution < -0.4 is 10.2 Å². The Labute approximate surface area is 100 Å². The molecule has 1 aliphatic rings. The molecule has 0 radical (unpaired) electrons. The van der Waals surface area contributed by atoms with Gasteiger partial charge in [-0.2, -0.15) is 0 Å². The third kappa shape index (κ3) is 2.57. The number of hydrogen-bond donors (Lipinski definition) is 1. The van der Waals surface area contributed by atoms with Gasteiger partial charge in [-0.25, -0.2) is 0 Å². The highest BCUT2D eigenvalue weighted by Crippen LogP contribution is 2.29. The molecular weight excluding hydrogens is 231 g/mol. The van der Waals surface area contributed by atoms with Gasteiger partial charge in [-0.05, 0) is 25.1 Å². The maximum absolute atomic E-state index is 6.16. The molecule has 1 fully saturated rings. The predicted octanol–water partition coefficient (Wildman–Crippen LogP) is 2.79. The fourth-order valence-electron chi connectivity index (χ4n) is 1.89. The minimum Gasteiger partial charge on any atom is -0.368 e. The van der Waals surface area contributed by atoms with E-state index in [2.05, 4.69) is 17.1 Å². The monoisotopic (exact) mass is 244 g/mol. The summed E-state index contributed by atoms with van der Waals surface area (Å²) < 4.78 is 0. The molecule has 2 nitrogen and oxygen atoms in total. The molecule has 1 N–H and O–H groups in total. The van der Waals surface area contributed by atoms with E-state index in [1.54, 1.807) is 6.07 Å². The lowest BCUT2D eigenvalue weighted by atomic mass is 10.2. The van der Waals surface area contributed by atoms with Gasteiger partial charge < -0.3 is 10.2 Å². The maximum atomic E-state index is 6.16. The molecule has 0 aromatic heterocycles. The van der Waals surface area contributed by atoms with E-state index in [0.29, 0.717) is 11.1 Å². The average molecular weight is 245 g/mol. The maximum Gasteiger partial charge on any atom is 0.0654 e. The first-order chi connectivity index (χ1) is 7.16. The van der Waals surface area contributed by atoms with Crippen molar-refractivity contribution >= 4 is 28.9 Å². The molecule has 0 bridgehead atoms. The Morgan fingerprint density at radius 2 is 2.20 bits per heavy atom. The van der Waals surface area contributed by atoms with Gasteiger partial charge in [0, 0.05) is 30.7 Å². The van der Waals surface area contributed by atoms with Gasteiger partial charge in [0.25, 0.3) is 0 Å². The SMILES string of the molecule is C[C@H]1CN(c2ccc(Cl)cc2Cl)CCN1. The number of nitrogens with one attached hydrogen (secondary N) is 1. The van der Waals surface area contributed by atoms with Crippen molar-refractivity contribution in [2.75, 3.05) is 24.5 Å². The summed E-state index contributed by atoms with van der Waals surface area (Å²) in [6, 6.07) is 6.18. The number of anilines is 1. The van der Waals surface area contributed by atoms with E-state index in [9.17, 15) is 0 Å². The zero-order valence-corrected chi connectivity index (χ0v) is 10.1. The predicted molar refractivity (Wildman–Crippen MR) is 66.1 cm³/mol. The molecule has 1 atom stereocenters. The third-order valence-electron chi connectivity index (χ3n) is 2.62. The Hall–Kier alpha value is -0.440. The minimum atomic E-state index is 0.505. The zero-order valence-electron chi connectivity index (χ0n) is 8.63. The van der Waals surface area contributed by atoms with Gasteiger partial charge in [-0.3, -0.25) is 0 Å². The summed E-state index contributed by atoms with van der Waals surface area (Å²) in [6.07, 6.45) is 0. The summed E-state index contributed by atoms with van der Waals surface area (Å²) in [4.78, 5) is 2.29. The first-order valence-corrected chi connectivity index (χ1v) is 5.86. The summed E-state index contributed by atoms with van der Waals surface area (Å²) >= 11 is 12.0. The molecule has 1 aliphatic heterocycles. The van der Waals surface area contributed by atoms with Crippen LogP contribution in [0.4, 0.5) is 5.69 Å². The highest BCUT2D eigenvalue weighted by atomic mass is 35.5. The second-order valence-corrected chi connectivity index (χ2v) is 4.74. The summed E-state index contributed by atoms with van der Waals surface area (Å²) in [5, 5.41) is 4.82. The smallest absolute Gasteiger partial charge is 0.0654 e. The van der Waals surface area contributed by atoms with Crippen LogP contribution in [-0.2, 0) is 0 Å². The molecule has 1 saturated heterocycles. The molecule has 82 valence electrons. The van der Waals surface area contributed by atoms with Crippen LogP contribution in [0.1, 0.15) is 6.92 Å². The van der Waals surface area contributed by atoms with Gasteiger partial charge in [0.05, 0.1) is 10.7 Å². The van der Waals surface area contributed by atoms with Crippen molar-refractivity contribution in [2.24, 2.45) is 0 Å². The summed E-state index contributed by atoms with van der Waals surface area (Å²) in [6.45, 7) is 5.16. The second-order valence-electron chi connectivity index (χ2n) is 3.90. The number of halogens is 2. The lowest BCUT2D eigenvalue weighted by Gasteiger charge is -2.34. The molecule has 0 spiro atoms. The van der Waals surface area contributed by atoms with E-state index in [1.807, 2.05) is 12.1 Å². The van der Waals surface area contributed by atoms with Gasteiger partial charge in [-0.1, -0.05) is 23.2 Å². The van der Waals surface area contributed by atoms with E-state index >= 15 is 0 Å². The molecule has 1 heterocycles. The molecule has 1 aromatic carbocycles. The van der Waals surface area contributed by atoms with E-state index < -0.39 is 0 Å². The molecule has 2 rings (SSSR count). The van der Waals surface area contributed by atoms with Gasteiger partial charge in [0.1, 0.15) is 0 Å². The van der Waals surface area contributed by atoms with Crippen LogP contribution in [0.3, 0.4) is 0 Å². The van der Waals surface area contributed by atoms with Crippen molar-refractivity contribution in [3.05, 3.63) is 28.2 Å². The fourth-order valence-corrected chi connectivity index (χ4v) is 2.42. The van der Waals surface area contributed by atoms with Crippen LogP contribution >= 0.6 is 23.2 Å². The van der Waals surface area contributed by atoms with Gasteiger partial charge in [0.2, 0.25) is 0 Å². The topological polar surface area (TPSA) is 15.3 Å². The number of hydrogen-bond acceptors (Lipinski definition) is 2. The Balaban J connectivity index is 2.21. The first kappa shape index (κ1) is 11.1. The zero-order chi connectivity index (χ0) is 10.8. The minimum absolute atomic E-state index is 0.505. The molecular formula is C11H14Cl2N2. The lowest BCUT2D eigenvalue weighted by molar-refractivity contribution is 0.485. The van der Waals surface area contributed by atoms with Crippen molar-refractivity contribution < 1.29 is 0 Å². The van der Waals surface area contributed by atoms with E-state index in [1.165, 1.54) is 0 Å². The normalized spacial score (nSPS) is 21.8. The quantitative estimate of drug-likeness (QED) is 0.818. The number of benzene rings is 1. The fraction of sp³-hybridized carbons (Fsp3) is 0.455. The molecule has 0 unspecified atom stereocenters. The van der Waals surface area contributed by atoms with Crippen LogP contribution in [0, 0.1) is 0 Å². The van der Waals surface area contributed by atoms with Crippen LogP contribution in [0.25, 0.3) is 0 Å². The third-order valence-corrected chi connectivity index (χ3v) is 3.16. The Morgan fingerprint density at radius 3 is 2.87 bits per heavy atom. The Morgan fingerprint density at radius 1 is 1.40 bits per heavy atom. The molecule has 1 aromatic rings.